The van der Waals surface area contributed by atoms with Crippen molar-refractivity contribution in [3.05, 3.63) is 0 Å². The van der Waals surface area contributed by atoms with Gasteiger partial charge >= 0.3 is 0 Å². The van der Waals surface area contributed by atoms with Gasteiger partial charge in [-0.1, -0.05) is 33.6 Å². The molecule has 96 valence electrons. The molecular weight excluding hydrogens is 196 g/mol. The maximum absolute atomic E-state index is 3.63. The molecule has 0 radical (unpaired) electrons. The van der Waals surface area contributed by atoms with Crippen LogP contribution in [-0.2, 0) is 0 Å². The van der Waals surface area contributed by atoms with E-state index in [0.29, 0.717) is 5.54 Å². The lowest BCUT2D eigenvalue weighted by molar-refractivity contribution is 0.175. The molecule has 1 fully saturated rings. The summed E-state index contributed by atoms with van der Waals surface area (Å²) in [5.74, 6) is 0.878. The zero-order valence-electron chi connectivity index (χ0n) is 11.8. The Morgan fingerprint density at radius 3 is 2.25 bits per heavy atom. The minimum absolute atomic E-state index is 0.339. The molecule has 0 saturated carbocycles. The highest BCUT2D eigenvalue weighted by Gasteiger charge is 2.33. The standard InChI is InChI=1S/C14H30N2/c1-6-12(7-2)11-16(8-3)13-9-14(4,5)15-10-13/h12-13,15H,6-11H2,1-5H3. The van der Waals surface area contributed by atoms with Crippen molar-refractivity contribution in [2.45, 2.75) is 65.5 Å². The molecule has 0 spiro atoms. The zero-order valence-corrected chi connectivity index (χ0v) is 11.8. The van der Waals surface area contributed by atoms with Gasteiger partial charge in [0.05, 0.1) is 0 Å². The van der Waals surface area contributed by atoms with Crippen molar-refractivity contribution in [1.82, 2.24) is 10.2 Å². The van der Waals surface area contributed by atoms with Crippen molar-refractivity contribution in [2.75, 3.05) is 19.6 Å². The molecule has 2 nitrogen and oxygen atoms in total. The molecule has 1 heterocycles. The van der Waals surface area contributed by atoms with Crippen LogP contribution in [0.1, 0.15) is 53.9 Å². The van der Waals surface area contributed by atoms with Crippen LogP contribution < -0.4 is 5.32 Å². The largest absolute Gasteiger partial charge is 0.310 e. The third kappa shape index (κ3) is 3.74. The molecule has 1 aliphatic rings. The van der Waals surface area contributed by atoms with Crippen molar-refractivity contribution in [3.8, 4) is 0 Å². The van der Waals surface area contributed by atoms with Gasteiger partial charge < -0.3 is 5.32 Å². The highest BCUT2D eigenvalue weighted by molar-refractivity contribution is 4.94. The van der Waals surface area contributed by atoms with Crippen LogP contribution in [0.3, 0.4) is 0 Å². The van der Waals surface area contributed by atoms with Gasteiger partial charge in [-0.05, 0) is 32.7 Å². The fraction of sp³-hybridized carbons (Fsp3) is 1.00. The van der Waals surface area contributed by atoms with Gasteiger partial charge in [0.1, 0.15) is 0 Å². The van der Waals surface area contributed by atoms with Crippen LogP contribution in [-0.4, -0.2) is 36.1 Å². The van der Waals surface area contributed by atoms with Gasteiger partial charge in [-0.2, -0.15) is 0 Å². The van der Waals surface area contributed by atoms with Crippen LogP contribution in [0.2, 0.25) is 0 Å². The number of nitrogens with one attached hydrogen (secondary N) is 1. The molecule has 1 aliphatic heterocycles. The summed E-state index contributed by atoms with van der Waals surface area (Å²) in [6, 6.07) is 0.751. The second-order valence-corrected chi connectivity index (χ2v) is 5.89. The van der Waals surface area contributed by atoms with Crippen molar-refractivity contribution < 1.29 is 0 Å². The maximum atomic E-state index is 3.63. The second-order valence-electron chi connectivity index (χ2n) is 5.89. The summed E-state index contributed by atoms with van der Waals surface area (Å²) >= 11 is 0. The molecule has 1 saturated heterocycles. The normalized spacial score (nSPS) is 24.6. The van der Waals surface area contributed by atoms with Gasteiger partial charge in [0.15, 0.2) is 0 Å². The van der Waals surface area contributed by atoms with Gasteiger partial charge in [0.2, 0.25) is 0 Å². The van der Waals surface area contributed by atoms with E-state index in [9.17, 15) is 0 Å². The van der Waals surface area contributed by atoms with E-state index < -0.39 is 0 Å². The van der Waals surface area contributed by atoms with Crippen LogP contribution in [0.4, 0.5) is 0 Å². The van der Waals surface area contributed by atoms with E-state index in [2.05, 4.69) is 44.8 Å². The average Bonchev–Trinajstić information content (AvgIpc) is 2.61. The molecule has 0 aromatic rings. The van der Waals surface area contributed by atoms with Gasteiger partial charge in [0.25, 0.3) is 0 Å². The topological polar surface area (TPSA) is 15.3 Å². The summed E-state index contributed by atoms with van der Waals surface area (Å²) in [6.07, 6.45) is 3.92. The Kier molecular flexibility index (Phi) is 5.26. The van der Waals surface area contributed by atoms with Crippen molar-refractivity contribution >= 4 is 0 Å². The quantitative estimate of drug-likeness (QED) is 0.749. The summed E-state index contributed by atoms with van der Waals surface area (Å²) in [7, 11) is 0. The SMILES string of the molecule is CCC(CC)CN(CC)C1CNC(C)(C)C1. The first-order valence-electron chi connectivity index (χ1n) is 7.01. The molecular formula is C14H30N2. The summed E-state index contributed by atoms with van der Waals surface area (Å²) < 4.78 is 0. The maximum Gasteiger partial charge on any atom is 0.0238 e. The Hall–Kier alpha value is -0.0800. The van der Waals surface area contributed by atoms with E-state index in [0.717, 1.165) is 12.0 Å². The summed E-state index contributed by atoms with van der Waals surface area (Å²) in [5, 5.41) is 3.63. The number of hydrogen-bond donors (Lipinski definition) is 1. The van der Waals surface area contributed by atoms with Crippen LogP contribution in [0.15, 0.2) is 0 Å². The minimum atomic E-state index is 0.339. The van der Waals surface area contributed by atoms with Gasteiger partial charge in [-0.3, -0.25) is 4.90 Å². The number of hydrogen-bond acceptors (Lipinski definition) is 2. The molecule has 1 unspecified atom stereocenters. The Morgan fingerprint density at radius 2 is 1.88 bits per heavy atom. The van der Waals surface area contributed by atoms with E-state index >= 15 is 0 Å². The fourth-order valence-corrected chi connectivity index (χ4v) is 2.80. The smallest absolute Gasteiger partial charge is 0.0238 e. The minimum Gasteiger partial charge on any atom is -0.310 e. The number of rotatable bonds is 6. The fourth-order valence-electron chi connectivity index (χ4n) is 2.80. The molecule has 1 atom stereocenters. The first kappa shape index (κ1) is 14.0. The Morgan fingerprint density at radius 1 is 1.25 bits per heavy atom. The van der Waals surface area contributed by atoms with Crippen molar-refractivity contribution in [1.29, 1.82) is 0 Å². The first-order valence-corrected chi connectivity index (χ1v) is 7.01. The van der Waals surface area contributed by atoms with Gasteiger partial charge in [-0.15, -0.1) is 0 Å². The lowest BCUT2D eigenvalue weighted by Crippen LogP contribution is -2.39. The van der Waals surface area contributed by atoms with Crippen LogP contribution in [0.5, 0.6) is 0 Å². The predicted molar refractivity (Wildman–Crippen MR) is 71.8 cm³/mol. The van der Waals surface area contributed by atoms with Gasteiger partial charge in [0, 0.05) is 24.7 Å². The van der Waals surface area contributed by atoms with Crippen LogP contribution >= 0.6 is 0 Å². The number of likely N-dealkylation sites (N-methyl/N-ethyl adjacent to an activating group) is 1. The average molecular weight is 226 g/mol. The summed E-state index contributed by atoms with van der Waals surface area (Å²) in [6.45, 7) is 15.2. The molecule has 2 heteroatoms. The monoisotopic (exact) mass is 226 g/mol. The predicted octanol–water partition coefficient (Wildman–Crippen LogP) is 2.89. The van der Waals surface area contributed by atoms with Crippen LogP contribution in [0, 0.1) is 5.92 Å². The molecule has 0 bridgehead atoms. The van der Waals surface area contributed by atoms with Crippen LogP contribution in [0.25, 0.3) is 0 Å². The lowest BCUT2D eigenvalue weighted by atomic mass is 9.98. The third-order valence-electron chi connectivity index (χ3n) is 4.13. The Labute approximate surface area is 102 Å². The molecule has 0 aromatic carbocycles. The van der Waals surface area contributed by atoms with Crippen molar-refractivity contribution in [3.63, 3.8) is 0 Å². The molecule has 0 aromatic heterocycles. The highest BCUT2D eigenvalue weighted by Crippen LogP contribution is 2.23. The molecule has 16 heavy (non-hydrogen) atoms. The zero-order chi connectivity index (χ0) is 12.2. The molecule has 1 N–H and O–H groups in total. The van der Waals surface area contributed by atoms with E-state index in [1.54, 1.807) is 0 Å². The third-order valence-corrected chi connectivity index (χ3v) is 4.13. The van der Waals surface area contributed by atoms with Crippen molar-refractivity contribution in [2.24, 2.45) is 5.92 Å². The summed E-state index contributed by atoms with van der Waals surface area (Å²) in [4.78, 5) is 2.68. The Bertz CT molecular complexity index is 197. The van der Waals surface area contributed by atoms with E-state index in [-0.39, 0.29) is 0 Å². The lowest BCUT2D eigenvalue weighted by Gasteiger charge is -2.31. The van der Waals surface area contributed by atoms with Gasteiger partial charge in [-0.25, -0.2) is 0 Å². The highest BCUT2D eigenvalue weighted by atomic mass is 15.2. The van der Waals surface area contributed by atoms with E-state index in [4.69, 9.17) is 0 Å². The molecule has 1 rings (SSSR count). The molecule has 0 amide bonds. The first-order chi connectivity index (χ1) is 7.52. The number of nitrogens with zero attached hydrogens (tertiary/aromatic N) is 1. The summed E-state index contributed by atoms with van der Waals surface area (Å²) in [5.41, 5.74) is 0.339. The second kappa shape index (κ2) is 6.02. The molecule has 0 aliphatic carbocycles. The van der Waals surface area contributed by atoms with E-state index in [1.165, 1.54) is 38.9 Å². The Balaban J connectivity index is 2.48. The van der Waals surface area contributed by atoms with E-state index in [1.807, 2.05) is 0 Å².